The van der Waals surface area contributed by atoms with Crippen molar-refractivity contribution < 1.29 is 9.53 Å². The summed E-state index contributed by atoms with van der Waals surface area (Å²) < 4.78 is 5.53. The van der Waals surface area contributed by atoms with Crippen molar-refractivity contribution in [3.05, 3.63) is 53.6 Å². The summed E-state index contributed by atoms with van der Waals surface area (Å²) in [5, 5.41) is 1.08. The largest absolute Gasteiger partial charge is 0.382 e. The first-order valence-corrected chi connectivity index (χ1v) is 13.2. The number of morpholine rings is 1. The van der Waals surface area contributed by atoms with Crippen LogP contribution in [-0.2, 0) is 16.0 Å². The van der Waals surface area contributed by atoms with Crippen molar-refractivity contribution in [2.45, 2.75) is 52.5 Å². The first-order valence-electron chi connectivity index (χ1n) is 13.2. The number of hydrogen-bond acceptors (Lipinski definition) is 5. The van der Waals surface area contributed by atoms with Crippen LogP contribution >= 0.6 is 0 Å². The number of anilines is 2. The van der Waals surface area contributed by atoms with Gasteiger partial charge in [-0.3, -0.25) is 4.79 Å². The van der Waals surface area contributed by atoms with Crippen LogP contribution in [0.25, 0.3) is 22.0 Å². The summed E-state index contributed by atoms with van der Waals surface area (Å²) in [4.78, 5) is 20.8. The number of carbonyl (C=O) groups excluding carboxylic acids is 1. The Kier molecular flexibility index (Phi) is 6.89. The zero-order valence-corrected chi connectivity index (χ0v) is 21.8. The van der Waals surface area contributed by atoms with Crippen molar-refractivity contribution in [2.24, 2.45) is 5.41 Å². The number of aromatic nitrogens is 1. The van der Waals surface area contributed by atoms with Crippen molar-refractivity contribution in [1.29, 1.82) is 0 Å². The molecule has 0 bridgehead atoms. The van der Waals surface area contributed by atoms with Gasteiger partial charge in [-0.1, -0.05) is 45.0 Å². The molecule has 2 aromatic carbocycles. The van der Waals surface area contributed by atoms with Crippen LogP contribution in [0.2, 0.25) is 0 Å². The predicted octanol–water partition coefficient (Wildman–Crippen LogP) is 5.59. The van der Waals surface area contributed by atoms with E-state index in [0.29, 0.717) is 19.0 Å². The van der Waals surface area contributed by atoms with E-state index in [1.165, 1.54) is 22.3 Å². The minimum absolute atomic E-state index is 0.122. The number of nitrogens with two attached hydrogens (primary N) is 1. The van der Waals surface area contributed by atoms with Crippen LogP contribution in [0.3, 0.4) is 0 Å². The average molecular weight is 487 g/mol. The second-order valence-corrected chi connectivity index (χ2v) is 11.3. The summed E-state index contributed by atoms with van der Waals surface area (Å²) in [7, 11) is 0. The quantitative estimate of drug-likeness (QED) is 0.460. The molecule has 2 fully saturated rings. The van der Waals surface area contributed by atoms with Gasteiger partial charge in [-0.25, -0.2) is 4.98 Å². The number of pyridine rings is 1. The van der Waals surface area contributed by atoms with Crippen LogP contribution in [-0.4, -0.2) is 49.1 Å². The first-order chi connectivity index (χ1) is 17.3. The van der Waals surface area contributed by atoms with Gasteiger partial charge in [-0.2, -0.15) is 0 Å². The Balaban J connectivity index is 1.62. The molecule has 0 radical (unpaired) electrons. The Bertz CT molecular complexity index is 1240. The molecule has 3 heterocycles. The summed E-state index contributed by atoms with van der Waals surface area (Å²) in [6.07, 6.45) is 5.15. The maximum atomic E-state index is 11.9. The lowest BCUT2D eigenvalue weighted by atomic mass is 9.83. The monoisotopic (exact) mass is 486 g/mol. The fourth-order valence-corrected chi connectivity index (χ4v) is 5.61. The van der Waals surface area contributed by atoms with Crippen LogP contribution in [0.4, 0.5) is 11.5 Å². The number of nitrogen functional groups attached to an aromatic ring is 1. The normalized spacial score (nSPS) is 18.7. The number of nitrogens with zero attached hydrogens (tertiary/aromatic N) is 3. The molecular weight excluding hydrogens is 448 g/mol. The van der Waals surface area contributed by atoms with Crippen molar-refractivity contribution in [3.63, 3.8) is 0 Å². The molecule has 2 aliphatic rings. The molecule has 0 aliphatic carbocycles. The number of hydrogen-bond donors (Lipinski definition) is 1. The highest BCUT2D eigenvalue weighted by Crippen LogP contribution is 2.41. The van der Waals surface area contributed by atoms with Gasteiger partial charge in [0.15, 0.2) is 0 Å². The minimum Gasteiger partial charge on any atom is -0.382 e. The smallest absolute Gasteiger partial charge is 0.210 e. The minimum atomic E-state index is 0.122. The molecule has 2 N–H and O–H groups in total. The summed E-state index contributed by atoms with van der Waals surface area (Å²) in [6, 6.07) is 15.4. The van der Waals surface area contributed by atoms with E-state index >= 15 is 0 Å². The number of rotatable bonds is 6. The number of amides is 1. The van der Waals surface area contributed by atoms with Gasteiger partial charge in [-0.15, -0.1) is 0 Å². The highest BCUT2D eigenvalue weighted by Gasteiger charge is 2.28. The van der Waals surface area contributed by atoms with E-state index in [4.69, 9.17) is 15.5 Å². The third kappa shape index (κ3) is 5.05. The third-order valence-corrected chi connectivity index (χ3v) is 7.58. The van der Waals surface area contributed by atoms with E-state index < -0.39 is 0 Å². The van der Waals surface area contributed by atoms with E-state index in [2.05, 4.69) is 68.1 Å². The van der Waals surface area contributed by atoms with Gasteiger partial charge < -0.3 is 20.3 Å². The number of likely N-dealkylation sites (tertiary alicyclic amines) is 1. The van der Waals surface area contributed by atoms with Crippen LogP contribution in [0.15, 0.2) is 42.5 Å². The lowest BCUT2D eigenvalue weighted by Crippen LogP contribution is -2.36. The lowest BCUT2D eigenvalue weighted by molar-refractivity contribution is -0.118. The molecular formula is C30H38N4O2. The summed E-state index contributed by atoms with van der Waals surface area (Å²) >= 11 is 0. The molecule has 3 aromatic rings. The van der Waals surface area contributed by atoms with E-state index in [-0.39, 0.29) is 11.5 Å². The molecule has 1 amide bonds. The zero-order chi connectivity index (χ0) is 25.3. The molecule has 0 spiro atoms. The molecule has 0 saturated carbocycles. The van der Waals surface area contributed by atoms with E-state index in [0.717, 1.165) is 68.3 Å². The summed E-state index contributed by atoms with van der Waals surface area (Å²) in [6.45, 7) is 10.7. The Morgan fingerprint density at radius 2 is 1.92 bits per heavy atom. The van der Waals surface area contributed by atoms with Crippen LogP contribution in [0.1, 0.15) is 57.2 Å². The second-order valence-electron chi connectivity index (χ2n) is 11.3. The lowest BCUT2D eigenvalue weighted by Gasteiger charge is -2.29. The van der Waals surface area contributed by atoms with Crippen molar-refractivity contribution in [1.82, 2.24) is 9.88 Å². The molecule has 1 atom stereocenters. The first kappa shape index (κ1) is 24.6. The number of benzene rings is 2. The van der Waals surface area contributed by atoms with E-state index in [1.54, 1.807) is 0 Å². The number of carbonyl (C=O) groups is 1. The summed E-state index contributed by atoms with van der Waals surface area (Å²) in [5.41, 5.74) is 13.5. The molecule has 36 heavy (non-hydrogen) atoms. The Morgan fingerprint density at radius 1 is 1.11 bits per heavy atom. The molecule has 2 aliphatic heterocycles. The van der Waals surface area contributed by atoms with Gasteiger partial charge in [0.05, 0.1) is 30.5 Å². The number of ether oxygens (including phenoxy) is 1. The maximum Gasteiger partial charge on any atom is 0.210 e. The Morgan fingerprint density at radius 3 is 2.67 bits per heavy atom. The van der Waals surface area contributed by atoms with Gasteiger partial charge in [0.2, 0.25) is 6.41 Å². The van der Waals surface area contributed by atoms with Gasteiger partial charge in [0, 0.05) is 25.0 Å². The predicted molar refractivity (Wildman–Crippen MR) is 147 cm³/mol. The Hall–Kier alpha value is -3.12. The molecule has 1 unspecified atom stereocenters. The van der Waals surface area contributed by atoms with Crippen molar-refractivity contribution in [2.75, 3.05) is 43.5 Å². The van der Waals surface area contributed by atoms with Crippen LogP contribution < -0.4 is 10.6 Å². The molecule has 1 aromatic heterocycles. The highest BCUT2D eigenvalue weighted by molar-refractivity contribution is 5.91. The molecule has 2 saturated heterocycles. The third-order valence-electron chi connectivity index (χ3n) is 7.58. The van der Waals surface area contributed by atoms with Crippen LogP contribution in [0, 0.1) is 5.41 Å². The number of fused-ring (bicyclic) bond motifs is 1. The topological polar surface area (TPSA) is 71.7 Å². The zero-order valence-electron chi connectivity index (χ0n) is 21.8. The van der Waals surface area contributed by atoms with Gasteiger partial charge in [0.25, 0.3) is 0 Å². The van der Waals surface area contributed by atoms with Gasteiger partial charge >= 0.3 is 0 Å². The molecule has 190 valence electrons. The van der Waals surface area contributed by atoms with E-state index in [1.807, 2.05) is 4.90 Å². The fourth-order valence-electron chi connectivity index (χ4n) is 5.61. The SMILES string of the molecule is CC(C)(C)CCc1cccc(C2CCCN2C=O)c1-c1ccc2nc(N)c(N3CCOCC3)cc2c1. The molecule has 5 rings (SSSR count). The summed E-state index contributed by atoms with van der Waals surface area (Å²) in [5.74, 6) is 0.566. The fraction of sp³-hybridized carbons (Fsp3) is 0.467. The Labute approximate surface area is 214 Å². The van der Waals surface area contributed by atoms with Gasteiger partial charge in [-0.05, 0) is 71.6 Å². The van der Waals surface area contributed by atoms with Gasteiger partial charge in [0.1, 0.15) is 5.82 Å². The standard InChI is InChI=1S/C30H38N4O2/c1-30(2,3)12-11-21-6-4-7-24(26-8-5-13-34(26)20-35)28(21)22-9-10-25-23(18-22)19-27(29(31)32-25)33-14-16-36-17-15-33/h4,6-7,9-10,18-20,26H,5,8,11-17H2,1-3H3,(H2,31,32). The van der Waals surface area contributed by atoms with Crippen molar-refractivity contribution >= 4 is 28.8 Å². The maximum absolute atomic E-state index is 11.9. The average Bonchev–Trinajstić information content (AvgIpc) is 3.35. The second kappa shape index (κ2) is 10.1. The number of aryl methyl sites for hydroxylation is 1. The highest BCUT2D eigenvalue weighted by atomic mass is 16.5. The molecule has 6 nitrogen and oxygen atoms in total. The van der Waals surface area contributed by atoms with E-state index in [9.17, 15) is 4.79 Å². The van der Waals surface area contributed by atoms with Crippen LogP contribution in [0.5, 0.6) is 0 Å². The van der Waals surface area contributed by atoms with Crippen molar-refractivity contribution in [3.8, 4) is 11.1 Å². The molecule has 6 heteroatoms.